The third-order valence-corrected chi connectivity index (χ3v) is 3.95. The van der Waals surface area contributed by atoms with E-state index in [1.165, 1.54) is 0 Å². The summed E-state index contributed by atoms with van der Waals surface area (Å²) in [4.78, 5) is 13.9. The Morgan fingerprint density at radius 3 is 2.57 bits per heavy atom. The Morgan fingerprint density at radius 2 is 1.86 bits per heavy atom. The van der Waals surface area contributed by atoms with Crippen LogP contribution in [0.5, 0.6) is 11.5 Å². The molecule has 0 aliphatic carbocycles. The van der Waals surface area contributed by atoms with Crippen LogP contribution < -0.4 is 15.2 Å². The molecule has 0 bridgehead atoms. The average Bonchev–Trinajstić information content (AvgIpc) is 3.06. The molecule has 1 amide bonds. The number of hydrogen-bond acceptors (Lipinski definition) is 5. The third kappa shape index (κ3) is 2.82. The summed E-state index contributed by atoms with van der Waals surface area (Å²) >= 11 is 0. The molecular weight excluding hydrogens is 272 g/mol. The summed E-state index contributed by atoms with van der Waals surface area (Å²) < 4.78 is 10.9. The second-order valence-electron chi connectivity index (χ2n) is 5.41. The highest BCUT2D eigenvalue weighted by Gasteiger charge is 2.30. The van der Waals surface area contributed by atoms with Crippen LogP contribution in [0.4, 0.5) is 0 Å². The maximum absolute atomic E-state index is 12.2. The average molecular weight is 292 g/mol. The molecule has 0 aromatic heterocycles. The maximum Gasteiger partial charge on any atom is 0.242 e. The summed E-state index contributed by atoms with van der Waals surface area (Å²) in [5.41, 5.74) is 6.50. The van der Waals surface area contributed by atoms with Crippen molar-refractivity contribution in [1.82, 2.24) is 4.90 Å². The summed E-state index contributed by atoms with van der Waals surface area (Å²) in [6, 6.07) is 4.19. The van der Waals surface area contributed by atoms with Gasteiger partial charge in [-0.25, -0.2) is 0 Å². The molecule has 2 aliphatic heterocycles. The molecule has 3 N–H and O–H groups in total. The van der Waals surface area contributed by atoms with Gasteiger partial charge in [0.1, 0.15) is 25.4 Å². The van der Waals surface area contributed by atoms with E-state index in [0.29, 0.717) is 30.3 Å². The van der Waals surface area contributed by atoms with E-state index in [1.807, 2.05) is 0 Å². The lowest BCUT2D eigenvalue weighted by Gasteiger charge is -2.25. The lowest BCUT2D eigenvalue weighted by molar-refractivity contribution is -0.134. The van der Waals surface area contributed by atoms with Gasteiger partial charge in [-0.2, -0.15) is 0 Å². The maximum atomic E-state index is 12.2. The molecule has 0 saturated carbocycles. The molecule has 1 aromatic carbocycles. The van der Waals surface area contributed by atoms with Crippen molar-refractivity contribution in [2.24, 2.45) is 5.73 Å². The molecule has 1 fully saturated rings. The highest BCUT2D eigenvalue weighted by atomic mass is 16.6. The van der Waals surface area contributed by atoms with Crippen LogP contribution in [0.2, 0.25) is 0 Å². The molecule has 6 heteroatoms. The van der Waals surface area contributed by atoms with Gasteiger partial charge < -0.3 is 25.2 Å². The van der Waals surface area contributed by atoms with Crippen molar-refractivity contribution in [3.63, 3.8) is 0 Å². The number of fused-ring (bicyclic) bond motifs is 1. The van der Waals surface area contributed by atoms with Gasteiger partial charge in [-0.05, 0) is 30.5 Å². The molecule has 0 spiro atoms. The van der Waals surface area contributed by atoms with Crippen molar-refractivity contribution in [2.45, 2.75) is 25.0 Å². The minimum atomic E-state index is -1.05. The van der Waals surface area contributed by atoms with Crippen LogP contribution in [0, 0.1) is 0 Å². The first-order valence-corrected chi connectivity index (χ1v) is 7.29. The number of ether oxygens (including phenoxy) is 2. The predicted molar refractivity (Wildman–Crippen MR) is 76.2 cm³/mol. The number of benzene rings is 1. The third-order valence-electron chi connectivity index (χ3n) is 3.95. The van der Waals surface area contributed by atoms with Crippen LogP contribution in [0.25, 0.3) is 0 Å². The van der Waals surface area contributed by atoms with Crippen LogP contribution >= 0.6 is 0 Å². The summed E-state index contributed by atoms with van der Waals surface area (Å²) in [7, 11) is 0. The lowest BCUT2D eigenvalue weighted by atomic mass is 10.0. The Labute approximate surface area is 123 Å². The molecule has 2 aliphatic rings. The largest absolute Gasteiger partial charge is 0.486 e. The number of aliphatic hydroxyl groups excluding tert-OH is 1. The van der Waals surface area contributed by atoms with Crippen molar-refractivity contribution in [2.75, 3.05) is 26.3 Å². The van der Waals surface area contributed by atoms with E-state index in [4.69, 9.17) is 15.2 Å². The first-order chi connectivity index (χ1) is 10.2. The van der Waals surface area contributed by atoms with Gasteiger partial charge in [0.05, 0.1) is 0 Å². The van der Waals surface area contributed by atoms with Gasteiger partial charge in [-0.15, -0.1) is 0 Å². The number of aliphatic hydroxyl groups is 1. The molecular formula is C15H20N2O4. The molecule has 2 atom stereocenters. The second kappa shape index (κ2) is 5.91. The van der Waals surface area contributed by atoms with E-state index in [9.17, 15) is 9.90 Å². The van der Waals surface area contributed by atoms with Crippen LogP contribution in [0.1, 0.15) is 24.5 Å². The van der Waals surface area contributed by atoms with E-state index >= 15 is 0 Å². The number of amides is 1. The van der Waals surface area contributed by atoms with E-state index in [0.717, 1.165) is 25.9 Å². The quantitative estimate of drug-likeness (QED) is 0.844. The fraction of sp³-hybridized carbons (Fsp3) is 0.533. The van der Waals surface area contributed by atoms with Crippen molar-refractivity contribution >= 4 is 5.91 Å². The topological polar surface area (TPSA) is 85.0 Å². The second-order valence-corrected chi connectivity index (χ2v) is 5.41. The summed E-state index contributed by atoms with van der Waals surface area (Å²) in [6.07, 6.45) is 0.950. The van der Waals surface area contributed by atoms with Gasteiger partial charge in [-0.1, -0.05) is 6.07 Å². The van der Waals surface area contributed by atoms with Gasteiger partial charge in [0, 0.05) is 13.1 Å². The van der Waals surface area contributed by atoms with Gasteiger partial charge in [-0.3, -0.25) is 4.79 Å². The van der Waals surface area contributed by atoms with Crippen molar-refractivity contribution in [3.8, 4) is 11.5 Å². The Morgan fingerprint density at radius 1 is 1.19 bits per heavy atom. The molecule has 0 unspecified atom stereocenters. The summed E-state index contributed by atoms with van der Waals surface area (Å²) in [6.45, 7) is 2.44. The van der Waals surface area contributed by atoms with Gasteiger partial charge in [0.2, 0.25) is 5.91 Å². The molecule has 1 aromatic rings. The molecule has 6 nitrogen and oxygen atoms in total. The fourth-order valence-corrected chi connectivity index (χ4v) is 2.73. The number of likely N-dealkylation sites (tertiary alicyclic amines) is 1. The van der Waals surface area contributed by atoms with Crippen LogP contribution in [0.15, 0.2) is 18.2 Å². The Balaban J connectivity index is 1.74. The first kappa shape index (κ1) is 14.2. The minimum absolute atomic E-state index is 0.199. The molecule has 3 rings (SSSR count). The van der Waals surface area contributed by atoms with E-state index < -0.39 is 12.1 Å². The zero-order valence-corrected chi connectivity index (χ0v) is 11.8. The zero-order chi connectivity index (χ0) is 14.8. The molecule has 1 saturated heterocycles. The Bertz CT molecular complexity index is 528. The summed E-state index contributed by atoms with van der Waals surface area (Å²) in [5.74, 6) is 1.03. The number of nitrogens with zero attached hydrogens (tertiary/aromatic N) is 1. The van der Waals surface area contributed by atoms with Crippen LogP contribution in [-0.4, -0.2) is 48.3 Å². The van der Waals surface area contributed by atoms with E-state index in [-0.39, 0.29) is 5.91 Å². The minimum Gasteiger partial charge on any atom is -0.486 e. The highest BCUT2D eigenvalue weighted by molar-refractivity contribution is 5.82. The standard InChI is InChI=1S/C15H20N2O4/c16-13(15(19)17-5-1-2-6-17)14(18)10-3-4-11-12(9-10)21-8-7-20-11/h3-4,9,13-14,18H,1-2,5-8,16H2/t13-,14+/m1/s1. The van der Waals surface area contributed by atoms with Crippen molar-refractivity contribution in [3.05, 3.63) is 23.8 Å². The SMILES string of the molecule is N[C@@H](C(=O)N1CCCC1)[C@@H](O)c1ccc2c(c1)OCCO2. The van der Waals surface area contributed by atoms with E-state index in [2.05, 4.69) is 0 Å². The van der Waals surface area contributed by atoms with Gasteiger partial charge >= 0.3 is 0 Å². The van der Waals surface area contributed by atoms with Crippen molar-refractivity contribution in [1.29, 1.82) is 0 Å². The van der Waals surface area contributed by atoms with Gasteiger partial charge in [0.25, 0.3) is 0 Å². The normalized spacial score (nSPS) is 20.2. The molecule has 0 radical (unpaired) electrons. The monoisotopic (exact) mass is 292 g/mol. The number of hydrogen-bond donors (Lipinski definition) is 2. The first-order valence-electron chi connectivity index (χ1n) is 7.29. The lowest BCUT2D eigenvalue weighted by Crippen LogP contribution is -2.45. The Hall–Kier alpha value is -1.79. The molecule has 114 valence electrons. The van der Waals surface area contributed by atoms with E-state index in [1.54, 1.807) is 23.1 Å². The van der Waals surface area contributed by atoms with Gasteiger partial charge in [0.15, 0.2) is 11.5 Å². The number of carbonyl (C=O) groups is 1. The van der Waals surface area contributed by atoms with Crippen molar-refractivity contribution < 1.29 is 19.4 Å². The number of nitrogens with two attached hydrogens (primary N) is 1. The number of rotatable bonds is 3. The highest BCUT2D eigenvalue weighted by Crippen LogP contribution is 2.33. The molecule has 21 heavy (non-hydrogen) atoms. The summed E-state index contributed by atoms with van der Waals surface area (Å²) in [5, 5.41) is 10.4. The predicted octanol–water partition coefficient (Wildman–Crippen LogP) is 0.441. The zero-order valence-electron chi connectivity index (χ0n) is 11.8. The van der Waals surface area contributed by atoms with Crippen LogP contribution in [0.3, 0.4) is 0 Å². The number of carbonyl (C=O) groups excluding carboxylic acids is 1. The smallest absolute Gasteiger partial charge is 0.242 e. The molecule has 2 heterocycles. The van der Waals surface area contributed by atoms with Crippen LogP contribution in [-0.2, 0) is 4.79 Å². The fourth-order valence-electron chi connectivity index (χ4n) is 2.73. The Kier molecular flexibility index (Phi) is 3.98.